The highest BCUT2D eigenvalue weighted by Crippen LogP contribution is 2.24. The third-order valence-electron chi connectivity index (χ3n) is 1.18. The van der Waals surface area contributed by atoms with E-state index in [0.717, 1.165) is 6.08 Å². The highest BCUT2D eigenvalue weighted by atomic mass is 32.2. The Hall–Kier alpha value is -1.30. The third-order valence-corrected chi connectivity index (χ3v) is 2.25. The molecule has 0 bridgehead atoms. The summed E-state index contributed by atoms with van der Waals surface area (Å²) >= 11 is 0.481. The number of carbonyl (C=O) groups is 3. The number of carboxylic acid groups (broad SMARTS) is 1. The number of hydrogen-bond donors (Lipinski definition) is 2. The van der Waals surface area contributed by atoms with Gasteiger partial charge in [0, 0.05) is 6.92 Å². The summed E-state index contributed by atoms with van der Waals surface area (Å²) in [5.74, 6) is -1.34. The second-order valence-corrected chi connectivity index (χ2v) is 3.52. The van der Waals surface area contributed by atoms with Crippen molar-refractivity contribution in [3.05, 3.63) is 12.7 Å². The molecule has 1 unspecified atom stereocenters. The molecular weight excluding hydrogens is 194 g/mol. The fraction of sp³-hybridized carbons (Fsp3) is 0.286. The first-order chi connectivity index (χ1) is 5.98. The number of thioether (sulfide) groups is 1. The van der Waals surface area contributed by atoms with Crippen LogP contribution in [0.3, 0.4) is 0 Å². The predicted octanol–water partition coefficient (Wildman–Crippen LogP) is -0.0210. The molecule has 0 aromatic heterocycles. The lowest BCUT2D eigenvalue weighted by atomic mass is 10.3. The van der Waals surface area contributed by atoms with Gasteiger partial charge in [0.2, 0.25) is 11.3 Å². The van der Waals surface area contributed by atoms with Gasteiger partial charge in [-0.1, -0.05) is 6.58 Å². The average Bonchev–Trinajstić information content (AvgIpc) is 2.02. The molecule has 1 atom stereocenters. The van der Waals surface area contributed by atoms with Gasteiger partial charge in [0.1, 0.15) is 0 Å². The number of carboxylic acids is 1. The molecule has 0 radical (unpaired) electrons. The maximum Gasteiger partial charge on any atom is 0.344 e. The Morgan fingerprint density at radius 1 is 1.62 bits per heavy atom. The molecule has 2 N–H and O–H groups in total. The van der Waals surface area contributed by atoms with E-state index >= 15 is 0 Å². The van der Waals surface area contributed by atoms with E-state index in [-0.39, 0.29) is 6.41 Å². The highest BCUT2D eigenvalue weighted by Gasteiger charge is 2.37. The molecule has 6 heteroatoms. The summed E-state index contributed by atoms with van der Waals surface area (Å²) in [5.41, 5.74) is 0. The Labute approximate surface area is 79.2 Å². The molecule has 0 aliphatic rings. The molecule has 0 aliphatic carbocycles. The van der Waals surface area contributed by atoms with Crippen molar-refractivity contribution in [1.82, 2.24) is 5.32 Å². The molecule has 0 rings (SSSR count). The summed E-state index contributed by atoms with van der Waals surface area (Å²) in [5, 5.41) is 10.3. The van der Waals surface area contributed by atoms with E-state index in [9.17, 15) is 14.4 Å². The van der Waals surface area contributed by atoms with Crippen LogP contribution in [0.5, 0.6) is 0 Å². The first-order valence-corrected chi connectivity index (χ1v) is 4.08. The zero-order valence-corrected chi connectivity index (χ0v) is 7.76. The average molecular weight is 203 g/mol. The molecule has 0 saturated carbocycles. The van der Waals surface area contributed by atoms with Crippen LogP contribution in [0, 0.1) is 0 Å². The Balaban J connectivity index is 4.84. The molecule has 13 heavy (non-hydrogen) atoms. The maximum atomic E-state index is 10.7. The number of nitrogens with one attached hydrogen (secondary N) is 1. The van der Waals surface area contributed by atoms with Crippen LogP contribution in [0.15, 0.2) is 12.7 Å². The third kappa shape index (κ3) is 2.90. The lowest BCUT2D eigenvalue weighted by molar-refractivity contribution is -0.140. The Bertz CT molecular complexity index is 253. The van der Waals surface area contributed by atoms with E-state index in [4.69, 9.17) is 5.11 Å². The lowest BCUT2D eigenvalue weighted by Crippen LogP contribution is -2.47. The maximum absolute atomic E-state index is 10.7. The molecule has 5 nitrogen and oxygen atoms in total. The quantitative estimate of drug-likeness (QED) is 0.372. The van der Waals surface area contributed by atoms with Crippen molar-refractivity contribution in [2.45, 2.75) is 11.8 Å². The van der Waals surface area contributed by atoms with Gasteiger partial charge >= 0.3 is 5.97 Å². The number of aliphatic carboxylic acids is 1. The standard InChI is InChI=1S/C7H9NO4S/c1-3-7(6(11)12,8-4-9)13-5(2)10/h3-4H,1H2,2H3,(H,8,9)(H,11,12). The van der Waals surface area contributed by atoms with E-state index in [0.29, 0.717) is 11.8 Å². The van der Waals surface area contributed by atoms with Crippen LogP contribution in [-0.2, 0) is 14.4 Å². The second-order valence-electron chi connectivity index (χ2n) is 2.10. The van der Waals surface area contributed by atoms with Crippen LogP contribution in [0.25, 0.3) is 0 Å². The van der Waals surface area contributed by atoms with Crippen LogP contribution in [0.2, 0.25) is 0 Å². The zero-order valence-electron chi connectivity index (χ0n) is 6.94. The minimum absolute atomic E-state index is 0.214. The number of carbonyl (C=O) groups excluding carboxylic acids is 2. The van der Waals surface area contributed by atoms with Gasteiger partial charge < -0.3 is 10.4 Å². The molecule has 0 heterocycles. The van der Waals surface area contributed by atoms with E-state index < -0.39 is 16.0 Å². The summed E-state index contributed by atoms with van der Waals surface area (Å²) in [6, 6.07) is 0. The van der Waals surface area contributed by atoms with Crippen LogP contribution in [0.1, 0.15) is 6.92 Å². The predicted molar refractivity (Wildman–Crippen MR) is 48.0 cm³/mol. The molecule has 0 aliphatic heterocycles. The summed E-state index contributed by atoms with van der Waals surface area (Å²) in [6.45, 7) is 4.46. The second kappa shape index (κ2) is 4.66. The van der Waals surface area contributed by atoms with Crippen molar-refractivity contribution in [1.29, 1.82) is 0 Å². The Morgan fingerprint density at radius 3 is 2.38 bits per heavy atom. The monoisotopic (exact) mass is 203 g/mol. The minimum atomic E-state index is -1.76. The van der Waals surface area contributed by atoms with Crippen LogP contribution >= 0.6 is 11.8 Å². The molecular formula is C7H9NO4S. The normalized spacial score (nSPS) is 13.9. The van der Waals surface area contributed by atoms with Crippen molar-refractivity contribution < 1.29 is 19.5 Å². The van der Waals surface area contributed by atoms with Gasteiger partial charge in [-0.2, -0.15) is 0 Å². The van der Waals surface area contributed by atoms with E-state index in [2.05, 4.69) is 6.58 Å². The van der Waals surface area contributed by atoms with E-state index in [1.54, 1.807) is 0 Å². The first kappa shape index (κ1) is 11.7. The van der Waals surface area contributed by atoms with Crippen molar-refractivity contribution in [2.75, 3.05) is 0 Å². The van der Waals surface area contributed by atoms with Crippen molar-refractivity contribution in [2.24, 2.45) is 0 Å². The minimum Gasteiger partial charge on any atom is -0.479 e. The molecule has 0 fully saturated rings. The smallest absolute Gasteiger partial charge is 0.344 e. The SMILES string of the molecule is C=CC(NC=O)(SC(C)=O)C(=O)O. The number of rotatable bonds is 5. The van der Waals surface area contributed by atoms with Crippen molar-refractivity contribution >= 4 is 29.3 Å². The van der Waals surface area contributed by atoms with E-state index in [1.807, 2.05) is 5.32 Å². The zero-order chi connectivity index (χ0) is 10.5. The van der Waals surface area contributed by atoms with Gasteiger partial charge in [0.05, 0.1) is 0 Å². The van der Waals surface area contributed by atoms with Gasteiger partial charge in [0.25, 0.3) is 0 Å². The Morgan fingerprint density at radius 2 is 2.15 bits per heavy atom. The molecule has 0 spiro atoms. The number of amides is 1. The van der Waals surface area contributed by atoms with Crippen LogP contribution in [0.4, 0.5) is 0 Å². The molecule has 0 aromatic rings. The Kier molecular flexibility index (Phi) is 4.19. The van der Waals surface area contributed by atoms with Gasteiger partial charge in [-0.05, 0) is 17.8 Å². The number of hydrogen-bond acceptors (Lipinski definition) is 4. The topological polar surface area (TPSA) is 83.5 Å². The van der Waals surface area contributed by atoms with Gasteiger partial charge in [-0.3, -0.25) is 9.59 Å². The largest absolute Gasteiger partial charge is 0.479 e. The van der Waals surface area contributed by atoms with Crippen LogP contribution in [-0.4, -0.2) is 27.5 Å². The fourth-order valence-corrected chi connectivity index (χ4v) is 1.37. The molecule has 72 valence electrons. The van der Waals surface area contributed by atoms with Gasteiger partial charge in [-0.25, -0.2) is 4.79 Å². The fourth-order valence-electron chi connectivity index (χ4n) is 0.637. The van der Waals surface area contributed by atoms with Crippen molar-refractivity contribution in [3.63, 3.8) is 0 Å². The first-order valence-electron chi connectivity index (χ1n) is 3.26. The van der Waals surface area contributed by atoms with Gasteiger partial charge in [0.15, 0.2) is 5.12 Å². The lowest BCUT2D eigenvalue weighted by Gasteiger charge is -2.22. The molecule has 0 aromatic carbocycles. The highest BCUT2D eigenvalue weighted by molar-refractivity contribution is 8.15. The molecule has 1 amide bonds. The summed E-state index contributed by atoms with van der Waals surface area (Å²) in [7, 11) is 0. The van der Waals surface area contributed by atoms with Gasteiger partial charge in [-0.15, -0.1) is 0 Å². The summed E-state index contributed by atoms with van der Waals surface area (Å²) < 4.78 is 0. The summed E-state index contributed by atoms with van der Waals surface area (Å²) in [4.78, 5) is 29.8. The van der Waals surface area contributed by atoms with E-state index in [1.165, 1.54) is 6.92 Å². The van der Waals surface area contributed by atoms with Crippen LogP contribution < -0.4 is 5.32 Å². The molecule has 0 saturated heterocycles. The summed E-state index contributed by atoms with van der Waals surface area (Å²) in [6.07, 6.45) is 1.21. The van der Waals surface area contributed by atoms with Crippen molar-refractivity contribution in [3.8, 4) is 0 Å².